The minimum Gasteiger partial charge on any atom is -0.348 e. The number of para-hydroxylation sites is 1. The molecule has 2 heterocycles. The number of rotatable bonds is 7. The summed E-state index contributed by atoms with van der Waals surface area (Å²) in [6.45, 7) is 5.23. The van der Waals surface area contributed by atoms with Gasteiger partial charge in [-0.05, 0) is 32.1 Å². The second-order valence-corrected chi connectivity index (χ2v) is 7.20. The quantitative estimate of drug-likeness (QED) is 0.459. The molecular formula is C25H25N5O. The van der Waals surface area contributed by atoms with E-state index in [1.54, 1.807) is 18.3 Å². The first-order valence-corrected chi connectivity index (χ1v) is 10.3. The molecular weight excluding hydrogens is 386 g/mol. The minimum atomic E-state index is -0.157. The first-order chi connectivity index (χ1) is 15.2. The van der Waals surface area contributed by atoms with Gasteiger partial charge in [0.1, 0.15) is 0 Å². The van der Waals surface area contributed by atoms with Gasteiger partial charge in [-0.1, -0.05) is 48.5 Å². The second-order valence-electron chi connectivity index (χ2n) is 7.20. The molecule has 0 fully saturated rings. The van der Waals surface area contributed by atoms with Crippen LogP contribution in [-0.2, 0) is 17.9 Å². The second kappa shape index (κ2) is 9.26. The van der Waals surface area contributed by atoms with Gasteiger partial charge in [0.05, 0.1) is 17.6 Å². The van der Waals surface area contributed by atoms with Crippen LogP contribution in [0.25, 0.3) is 23.0 Å². The third kappa shape index (κ3) is 4.64. The lowest BCUT2D eigenvalue weighted by atomic mass is 10.1. The van der Waals surface area contributed by atoms with Crippen LogP contribution in [0.15, 0.2) is 79.1 Å². The molecule has 0 bridgehead atoms. The summed E-state index contributed by atoms with van der Waals surface area (Å²) >= 11 is 0. The molecule has 0 saturated carbocycles. The largest absolute Gasteiger partial charge is 0.348 e. The third-order valence-electron chi connectivity index (χ3n) is 5.17. The van der Waals surface area contributed by atoms with E-state index in [0.29, 0.717) is 6.54 Å². The summed E-state index contributed by atoms with van der Waals surface area (Å²) in [5, 5.41) is 12.1. The van der Waals surface area contributed by atoms with Crippen LogP contribution >= 0.6 is 0 Å². The Hall–Kier alpha value is -3.93. The van der Waals surface area contributed by atoms with Gasteiger partial charge in [0, 0.05) is 47.7 Å². The lowest BCUT2D eigenvalue weighted by Crippen LogP contribution is -2.20. The zero-order valence-corrected chi connectivity index (χ0v) is 17.7. The smallest absolute Gasteiger partial charge is 0.244 e. The topological polar surface area (TPSA) is 64.7 Å². The molecule has 6 heteroatoms. The molecule has 0 aliphatic carbocycles. The number of nitrogens with one attached hydrogen (secondary N) is 1. The summed E-state index contributed by atoms with van der Waals surface area (Å²) in [6, 6.07) is 20.0. The van der Waals surface area contributed by atoms with Gasteiger partial charge in [0.25, 0.3) is 0 Å². The summed E-state index contributed by atoms with van der Waals surface area (Å²) in [5.74, 6) is -0.157. The highest BCUT2D eigenvalue weighted by atomic mass is 16.1. The maximum absolute atomic E-state index is 12.4. The van der Waals surface area contributed by atoms with Crippen LogP contribution in [0.5, 0.6) is 0 Å². The molecule has 0 radical (unpaired) electrons. The highest BCUT2D eigenvalue weighted by Crippen LogP contribution is 2.23. The molecule has 0 saturated heterocycles. The van der Waals surface area contributed by atoms with Gasteiger partial charge in [-0.25, -0.2) is 4.68 Å². The minimum absolute atomic E-state index is 0.157. The maximum atomic E-state index is 12.4. The van der Waals surface area contributed by atoms with E-state index in [1.165, 1.54) is 0 Å². The van der Waals surface area contributed by atoms with E-state index in [1.807, 2.05) is 90.1 Å². The van der Waals surface area contributed by atoms with Crippen molar-refractivity contribution in [1.29, 1.82) is 0 Å². The van der Waals surface area contributed by atoms with Gasteiger partial charge in [0.2, 0.25) is 5.91 Å². The Labute approximate surface area is 181 Å². The predicted molar refractivity (Wildman–Crippen MR) is 123 cm³/mol. The van der Waals surface area contributed by atoms with Gasteiger partial charge in [-0.3, -0.25) is 9.48 Å². The maximum Gasteiger partial charge on any atom is 0.244 e. The average molecular weight is 412 g/mol. The van der Waals surface area contributed by atoms with Crippen LogP contribution in [0.4, 0.5) is 0 Å². The SMILES string of the molecule is CCn1ncc(/C=C/C(=O)NCc2cn(-c3ccccc3)nc2-c2ccccc2)c1C. The van der Waals surface area contributed by atoms with E-state index in [-0.39, 0.29) is 5.91 Å². The molecule has 4 rings (SSSR count). The Morgan fingerprint density at radius 2 is 1.77 bits per heavy atom. The molecule has 1 amide bonds. The molecule has 0 aliphatic heterocycles. The van der Waals surface area contributed by atoms with Crippen molar-refractivity contribution in [2.24, 2.45) is 0 Å². The molecule has 31 heavy (non-hydrogen) atoms. The Morgan fingerprint density at radius 1 is 1.06 bits per heavy atom. The van der Waals surface area contributed by atoms with Gasteiger partial charge in [-0.2, -0.15) is 10.2 Å². The number of carbonyl (C=O) groups is 1. The number of aryl methyl sites for hydroxylation is 1. The van der Waals surface area contributed by atoms with Crippen molar-refractivity contribution in [3.8, 4) is 16.9 Å². The van der Waals surface area contributed by atoms with Crippen LogP contribution in [-0.4, -0.2) is 25.5 Å². The lowest BCUT2D eigenvalue weighted by Gasteiger charge is -2.03. The monoisotopic (exact) mass is 411 g/mol. The molecule has 0 atom stereocenters. The Morgan fingerprint density at radius 3 is 2.45 bits per heavy atom. The van der Waals surface area contributed by atoms with Gasteiger partial charge >= 0.3 is 0 Å². The number of hydrogen-bond donors (Lipinski definition) is 1. The number of hydrogen-bond acceptors (Lipinski definition) is 3. The molecule has 1 N–H and O–H groups in total. The summed E-state index contributed by atoms with van der Waals surface area (Å²) in [7, 11) is 0. The van der Waals surface area contributed by atoms with Crippen LogP contribution in [0.2, 0.25) is 0 Å². The summed E-state index contributed by atoms with van der Waals surface area (Å²) < 4.78 is 3.75. The molecule has 2 aromatic heterocycles. The van der Waals surface area contributed by atoms with Crippen LogP contribution < -0.4 is 5.32 Å². The van der Waals surface area contributed by atoms with Crippen molar-refractivity contribution in [3.63, 3.8) is 0 Å². The normalized spacial score (nSPS) is 11.2. The van der Waals surface area contributed by atoms with Gasteiger partial charge < -0.3 is 5.32 Å². The zero-order valence-electron chi connectivity index (χ0n) is 17.7. The van der Waals surface area contributed by atoms with E-state index in [9.17, 15) is 4.79 Å². The van der Waals surface area contributed by atoms with E-state index >= 15 is 0 Å². The van der Waals surface area contributed by atoms with Crippen molar-refractivity contribution in [1.82, 2.24) is 24.9 Å². The highest BCUT2D eigenvalue weighted by molar-refractivity contribution is 5.91. The molecule has 4 aromatic rings. The Kier molecular flexibility index (Phi) is 6.08. The van der Waals surface area contributed by atoms with Crippen LogP contribution in [0.3, 0.4) is 0 Å². The van der Waals surface area contributed by atoms with Gasteiger partial charge in [-0.15, -0.1) is 0 Å². The van der Waals surface area contributed by atoms with E-state index in [2.05, 4.69) is 10.4 Å². The predicted octanol–water partition coefficient (Wildman–Crippen LogP) is 4.39. The third-order valence-corrected chi connectivity index (χ3v) is 5.17. The van der Waals surface area contributed by atoms with E-state index < -0.39 is 0 Å². The lowest BCUT2D eigenvalue weighted by molar-refractivity contribution is -0.116. The summed E-state index contributed by atoms with van der Waals surface area (Å²) in [6.07, 6.45) is 7.10. The number of nitrogens with zero attached hydrogens (tertiary/aromatic N) is 4. The zero-order chi connectivity index (χ0) is 21.6. The van der Waals surface area contributed by atoms with E-state index in [0.717, 1.165) is 40.3 Å². The Balaban J connectivity index is 1.53. The Bertz CT molecular complexity index is 1190. The molecule has 6 nitrogen and oxygen atoms in total. The molecule has 0 spiro atoms. The molecule has 2 aromatic carbocycles. The van der Waals surface area contributed by atoms with Crippen molar-refractivity contribution in [2.45, 2.75) is 26.9 Å². The first-order valence-electron chi connectivity index (χ1n) is 10.3. The highest BCUT2D eigenvalue weighted by Gasteiger charge is 2.13. The fraction of sp³-hybridized carbons (Fsp3) is 0.160. The summed E-state index contributed by atoms with van der Waals surface area (Å²) in [5.41, 5.74) is 5.78. The first kappa shape index (κ1) is 20.3. The molecule has 0 unspecified atom stereocenters. The number of amides is 1. The van der Waals surface area contributed by atoms with Crippen LogP contribution in [0.1, 0.15) is 23.7 Å². The average Bonchev–Trinajstić information content (AvgIpc) is 3.41. The number of aromatic nitrogens is 4. The number of benzene rings is 2. The van der Waals surface area contributed by atoms with Crippen molar-refractivity contribution in [2.75, 3.05) is 0 Å². The van der Waals surface area contributed by atoms with Gasteiger partial charge in [0.15, 0.2) is 0 Å². The van der Waals surface area contributed by atoms with Crippen molar-refractivity contribution in [3.05, 3.63) is 96.0 Å². The van der Waals surface area contributed by atoms with Crippen molar-refractivity contribution < 1.29 is 4.79 Å². The molecule has 156 valence electrons. The molecule has 0 aliphatic rings. The van der Waals surface area contributed by atoms with Crippen LogP contribution in [0, 0.1) is 6.92 Å². The standard InChI is InChI=1S/C25H25N5O/c1-3-29-19(2)21(17-27-29)14-15-24(31)26-16-22-18-30(23-12-8-5-9-13-23)28-25(22)20-10-6-4-7-11-20/h4-15,17-18H,3,16H2,1-2H3,(H,26,31)/b15-14+. The van der Waals surface area contributed by atoms with E-state index in [4.69, 9.17) is 5.10 Å². The number of carbonyl (C=O) groups excluding carboxylic acids is 1. The van der Waals surface area contributed by atoms with Crippen molar-refractivity contribution >= 4 is 12.0 Å². The fourth-order valence-electron chi connectivity index (χ4n) is 3.44. The fourth-order valence-corrected chi connectivity index (χ4v) is 3.44. The summed E-state index contributed by atoms with van der Waals surface area (Å²) in [4.78, 5) is 12.4.